The monoisotopic (exact) mass is 501 g/mol. The lowest BCUT2D eigenvalue weighted by atomic mass is 10.1. The first-order chi connectivity index (χ1) is 16.0. The molecule has 2 aromatic heterocycles. The summed E-state index contributed by atoms with van der Waals surface area (Å²) in [4.78, 5) is 16.1. The number of pyridine rings is 1. The molecule has 0 saturated carbocycles. The summed E-state index contributed by atoms with van der Waals surface area (Å²) in [7, 11) is -4.40. The topological polar surface area (TPSA) is 116 Å². The van der Waals surface area contributed by atoms with E-state index in [-0.39, 0.29) is 30.1 Å². The number of hydrogen-bond donors (Lipinski definition) is 1. The van der Waals surface area contributed by atoms with Gasteiger partial charge in [0.25, 0.3) is 10.1 Å². The molecule has 0 aliphatic carbocycles. The minimum absolute atomic E-state index is 0.0914. The molecule has 184 valence electrons. The van der Waals surface area contributed by atoms with Crippen molar-refractivity contribution in [3.05, 3.63) is 64.3 Å². The molecule has 1 aromatic carbocycles. The van der Waals surface area contributed by atoms with E-state index in [9.17, 15) is 26.4 Å². The van der Waals surface area contributed by atoms with Crippen LogP contribution in [0.25, 0.3) is 10.9 Å². The maximum atomic E-state index is 13.0. The predicted octanol–water partition coefficient (Wildman–Crippen LogP) is 4.78. The zero-order chi connectivity index (χ0) is 24.9. The summed E-state index contributed by atoms with van der Waals surface area (Å²) < 4.78 is 86.4. The van der Waals surface area contributed by atoms with Crippen molar-refractivity contribution in [3.63, 3.8) is 0 Å². The summed E-state index contributed by atoms with van der Waals surface area (Å²) in [5, 5.41) is -1.11. The van der Waals surface area contributed by atoms with Gasteiger partial charge in [-0.25, -0.2) is 0 Å². The van der Waals surface area contributed by atoms with E-state index in [4.69, 9.17) is 18.4 Å². The number of aromatic nitrogens is 1. The Kier molecular flexibility index (Phi) is 7.82. The molecule has 0 aliphatic heterocycles. The molecule has 1 atom stereocenters. The summed E-state index contributed by atoms with van der Waals surface area (Å²) in [6.07, 6.45) is -0.209. The Labute approximate surface area is 193 Å². The van der Waals surface area contributed by atoms with Crippen LogP contribution in [0.15, 0.2) is 52.0 Å². The summed E-state index contributed by atoms with van der Waals surface area (Å²) in [6, 6.07) is 5.75. The molecule has 3 rings (SSSR count). The van der Waals surface area contributed by atoms with Gasteiger partial charge in [0.2, 0.25) is 11.2 Å². The van der Waals surface area contributed by atoms with Crippen LogP contribution >= 0.6 is 0 Å². The highest BCUT2D eigenvalue weighted by Crippen LogP contribution is 2.33. The van der Waals surface area contributed by atoms with Crippen molar-refractivity contribution >= 4 is 21.0 Å². The highest BCUT2D eigenvalue weighted by molar-refractivity contribution is 7.86. The molecule has 1 unspecified atom stereocenters. The highest BCUT2D eigenvalue weighted by Gasteiger charge is 2.30. The third kappa shape index (κ3) is 6.48. The average molecular weight is 501 g/mol. The van der Waals surface area contributed by atoms with Crippen LogP contribution in [-0.4, -0.2) is 31.2 Å². The summed E-state index contributed by atoms with van der Waals surface area (Å²) in [6.45, 7) is 1.63. The van der Waals surface area contributed by atoms with Crippen LogP contribution in [0.2, 0.25) is 0 Å². The van der Waals surface area contributed by atoms with Crippen LogP contribution < -0.4 is 14.9 Å². The Morgan fingerprint density at radius 1 is 1.06 bits per heavy atom. The number of benzene rings is 1. The minimum atomic E-state index is -4.46. The molecule has 0 radical (unpaired) electrons. The Morgan fingerprint density at radius 2 is 1.74 bits per heavy atom. The molecule has 0 spiro atoms. The molecule has 0 aliphatic rings. The SMILES string of the molecule is CC(c1cc(=O)c(OCCCCCOc2ccnc3ccc(C(F)(F)F)cc23)co1)S(=O)(=O)O. The van der Waals surface area contributed by atoms with Gasteiger partial charge in [0.15, 0.2) is 0 Å². The van der Waals surface area contributed by atoms with E-state index in [0.29, 0.717) is 30.5 Å². The number of alkyl halides is 3. The molecule has 1 N–H and O–H groups in total. The summed E-state index contributed by atoms with van der Waals surface area (Å²) in [5.74, 6) is 0.0124. The molecule has 34 heavy (non-hydrogen) atoms. The molecule has 0 saturated heterocycles. The van der Waals surface area contributed by atoms with Crippen LogP contribution in [0.4, 0.5) is 13.2 Å². The zero-order valence-electron chi connectivity index (χ0n) is 18.0. The highest BCUT2D eigenvalue weighted by atomic mass is 32.2. The molecule has 0 amide bonds. The van der Waals surface area contributed by atoms with Gasteiger partial charge in [-0.05, 0) is 50.5 Å². The fourth-order valence-corrected chi connectivity index (χ4v) is 3.46. The Hall–Kier alpha value is -3.12. The van der Waals surface area contributed by atoms with Crippen molar-refractivity contribution in [2.24, 2.45) is 0 Å². The van der Waals surface area contributed by atoms with Gasteiger partial charge in [0.05, 0.1) is 24.3 Å². The molecule has 12 heteroatoms. The van der Waals surface area contributed by atoms with Gasteiger partial charge < -0.3 is 13.9 Å². The molecular formula is C22H22F3NO7S. The first-order valence-electron chi connectivity index (χ1n) is 10.3. The standard InChI is InChI=1S/C22H22F3NO7S/c1-14(34(28,29)30)20-12-18(27)21(13-33-20)32-10-4-2-3-9-31-19-7-8-26-17-6-5-15(11-16(17)19)22(23,24)25/h5-8,11-14H,2-4,9-10H2,1H3,(H,28,29,30). The molecule has 8 nitrogen and oxygen atoms in total. The van der Waals surface area contributed by atoms with Gasteiger partial charge in [-0.1, -0.05) is 0 Å². The maximum Gasteiger partial charge on any atom is 0.416 e. The molecule has 0 fully saturated rings. The maximum absolute atomic E-state index is 13.0. The predicted molar refractivity (Wildman–Crippen MR) is 117 cm³/mol. The van der Waals surface area contributed by atoms with E-state index in [1.54, 1.807) is 0 Å². The smallest absolute Gasteiger partial charge is 0.416 e. The zero-order valence-corrected chi connectivity index (χ0v) is 18.9. The van der Waals surface area contributed by atoms with Crippen LogP contribution in [0.1, 0.15) is 42.8 Å². The Bertz CT molecular complexity index is 1310. The molecule has 3 aromatic rings. The lowest BCUT2D eigenvalue weighted by Gasteiger charge is -2.12. The fourth-order valence-electron chi connectivity index (χ4n) is 3.05. The van der Waals surface area contributed by atoms with Crippen LogP contribution in [-0.2, 0) is 16.3 Å². The number of nitrogens with zero attached hydrogens (tertiary/aromatic N) is 1. The first-order valence-corrected chi connectivity index (χ1v) is 11.8. The van der Waals surface area contributed by atoms with Crippen molar-refractivity contribution in [2.75, 3.05) is 13.2 Å². The lowest BCUT2D eigenvalue weighted by Crippen LogP contribution is -2.13. The molecule has 0 bridgehead atoms. The van der Waals surface area contributed by atoms with Gasteiger partial charge in [-0.3, -0.25) is 14.3 Å². The number of hydrogen-bond acceptors (Lipinski definition) is 7. The first kappa shape index (κ1) is 25.5. The largest absolute Gasteiger partial charge is 0.493 e. The van der Waals surface area contributed by atoms with E-state index < -0.39 is 32.5 Å². The van der Waals surface area contributed by atoms with Gasteiger partial charge >= 0.3 is 6.18 Å². The second kappa shape index (κ2) is 10.4. The van der Waals surface area contributed by atoms with Crippen molar-refractivity contribution in [2.45, 2.75) is 37.6 Å². The number of halogens is 3. The van der Waals surface area contributed by atoms with Crippen molar-refractivity contribution in [1.29, 1.82) is 0 Å². The third-order valence-electron chi connectivity index (χ3n) is 5.00. The van der Waals surface area contributed by atoms with Crippen LogP contribution in [0.3, 0.4) is 0 Å². The molecule has 2 heterocycles. The molecular weight excluding hydrogens is 479 g/mol. The van der Waals surface area contributed by atoms with Crippen molar-refractivity contribution in [1.82, 2.24) is 4.98 Å². The normalized spacial score (nSPS) is 13.1. The van der Waals surface area contributed by atoms with E-state index in [2.05, 4.69) is 4.98 Å². The van der Waals surface area contributed by atoms with E-state index in [1.165, 1.54) is 25.3 Å². The van der Waals surface area contributed by atoms with E-state index in [1.807, 2.05) is 0 Å². The van der Waals surface area contributed by atoms with Crippen molar-refractivity contribution < 1.29 is 40.0 Å². The lowest BCUT2D eigenvalue weighted by molar-refractivity contribution is -0.137. The number of ether oxygens (including phenoxy) is 2. The van der Waals surface area contributed by atoms with Gasteiger partial charge in [0.1, 0.15) is 23.0 Å². The summed E-state index contributed by atoms with van der Waals surface area (Å²) in [5.41, 5.74) is -0.961. The van der Waals surface area contributed by atoms with E-state index in [0.717, 1.165) is 24.5 Å². The van der Waals surface area contributed by atoms with E-state index >= 15 is 0 Å². The van der Waals surface area contributed by atoms with Crippen molar-refractivity contribution in [3.8, 4) is 11.5 Å². The number of fused-ring (bicyclic) bond motifs is 1. The average Bonchev–Trinajstić information content (AvgIpc) is 2.77. The summed E-state index contributed by atoms with van der Waals surface area (Å²) >= 11 is 0. The second-order valence-electron chi connectivity index (χ2n) is 7.46. The van der Waals surface area contributed by atoms with Gasteiger partial charge in [0, 0.05) is 17.6 Å². The minimum Gasteiger partial charge on any atom is -0.493 e. The van der Waals surface area contributed by atoms with Gasteiger partial charge in [-0.15, -0.1) is 0 Å². The number of unbranched alkanes of at least 4 members (excludes halogenated alkanes) is 2. The fraction of sp³-hybridized carbons (Fsp3) is 0.364. The number of rotatable bonds is 10. The van der Waals surface area contributed by atoms with Gasteiger partial charge in [-0.2, -0.15) is 21.6 Å². The third-order valence-corrected chi connectivity index (χ3v) is 6.12. The van der Waals surface area contributed by atoms with Crippen LogP contribution in [0, 0.1) is 0 Å². The Balaban J connectivity index is 1.47. The Morgan fingerprint density at radius 3 is 2.35 bits per heavy atom. The second-order valence-corrected chi connectivity index (χ2v) is 9.20. The van der Waals surface area contributed by atoms with Crippen LogP contribution in [0.5, 0.6) is 11.5 Å². The quantitative estimate of drug-likeness (QED) is 0.312.